The zero-order chi connectivity index (χ0) is 14.9. The number of likely N-dealkylation sites (tertiary alicyclic amines) is 1. The van der Waals surface area contributed by atoms with Crippen molar-refractivity contribution in [2.75, 3.05) is 26.2 Å². The van der Waals surface area contributed by atoms with Gasteiger partial charge in [-0.2, -0.15) is 0 Å². The third kappa shape index (κ3) is 3.23. The molecule has 1 saturated carbocycles. The first-order chi connectivity index (χ1) is 10.1. The summed E-state index contributed by atoms with van der Waals surface area (Å²) in [5.74, 6) is 1.33. The molecule has 2 amide bonds. The van der Waals surface area contributed by atoms with Crippen LogP contribution >= 0.6 is 0 Å². The number of nitrogens with one attached hydrogen (secondary N) is 1. The van der Waals surface area contributed by atoms with E-state index in [2.05, 4.69) is 12.2 Å². The Labute approximate surface area is 126 Å². The van der Waals surface area contributed by atoms with Gasteiger partial charge in [0.15, 0.2) is 0 Å². The zero-order valence-corrected chi connectivity index (χ0v) is 12.9. The lowest BCUT2D eigenvalue weighted by atomic mass is 9.81. The highest BCUT2D eigenvalue weighted by atomic mass is 16.5. The van der Waals surface area contributed by atoms with Gasteiger partial charge in [-0.15, -0.1) is 0 Å². The molecule has 1 N–H and O–H groups in total. The van der Waals surface area contributed by atoms with Crippen LogP contribution in [0.25, 0.3) is 0 Å². The van der Waals surface area contributed by atoms with Crippen LogP contribution in [0.1, 0.15) is 45.4 Å². The number of ether oxygens (including phenoxy) is 1. The van der Waals surface area contributed by atoms with Crippen LogP contribution in [0.2, 0.25) is 0 Å². The van der Waals surface area contributed by atoms with Crippen molar-refractivity contribution in [1.29, 1.82) is 0 Å². The van der Waals surface area contributed by atoms with Gasteiger partial charge in [0, 0.05) is 25.6 Å². The van der Waals surface area contributed by atoms with E-state index in [0.29, 0.717) is 12.5 Å². The summed E-state index contributed by atoms with van der Waals surface area (Å²) in [7, 11) is 0. The number of morpholine rings is 1. The Morgan fingerprint density at radius 2 is 1.90 bits per heavy atom. The van der Waals surface area contributed by atoms with E-state index in [9.17, 15) is 9.59 Å². The molecule has 2 heterocycles. The fourth-order valence-electron chi connectivity index (χ4n) is 3.80. The van der Waals surface area contributed by atoms with Crippen LogP contribution in [0.5, 0.6) is 0 Å². The largest absolute Gasteiger partial charge is 0.363 e. The summed E-state index contributed by atoms with van der Waals surface area (Å²) in [5.41, 5.74) is -0.230. The second kappa shape index (κ2) is 5.95. The number of hydrogen-bond acceptors (Lipinski definition) is 3. The highest BCUT2D eigenvalue weighted by Gasteiger charge is 2.41. The van der Waals surface area contributed by atoms with Crippen molar-refractivity contribution >= 4 is 11.8 Å². The van der Waals surface area contributed by atoms with Crippen molar-refractivity contribution in [3.63, 3.8) is 0 Å². The second-order valence-electron chi connectivity index (χ2n) is 7.03. The average Bonchev–Trinajstić information content (AvgIpc) is 2.51. The van der Waals surface area contributed by atoms with Gasteiger partial charge < -0.3 is 15.0 Å². The smallest absolute Gasteiger partial charge is 0.246 e. The van der Waals surface area contributed by atoms with E-state index in [4.69, 9.17) is 4.74 Å². The predicted molar refractivity (Wildman–Crippen MR) is 78.6 cm³/mol. The van der Waals surface area contributed by atoms with Gasteiger partial charge in [0.05, 0.1) is 5.60 Å². The van der Waals surface area contributed by atoms with Gasteiger partial charge in [0.2, 0.25) is 11.8 Å². The highest BCUT2D eigenvalue weighted by Crippen LogP contribution is 2.32. The molecule has 0 atom stereocenters. The van der Waals surface area contributed by atoms with Crippen molar-refractivity contribution in [3.8, 4) is 0 Å². The van der Waals surface area contributed by atoms with E-state index in [-0.39, 0.29) is 24.0 Å². The van der Waals surface area contributed by atoms with E-state index in [1.54, 1.807) is 0 Å². The summed E-state index contributed by atoms with van der Waals surface area (Å²) >= 11 is 0. The lowest BCUT2D eigenvalue weighted by Gasteiger charge is -2.44. The fourth-order valence-corrected chi connectivity index (χ4v) is 3.80. The number of carbonyl (C=O) groups excluding carboxylic acids is 2. The summed E-state index contributed by atoms with van der Waals surface area (Å²) in [5, 5.41) is 2.89. The maximum atomic E-state index is 12.6. The summed E-state index contributed by atoms with van der Waals surface area (Å²) in [6.45, 7) is 4.56. The highest BCUT2D eigenvalue weighted by molar-refractivity contribution is 5.79. The molecule has 0 aromatic rings. The van der Waals surface area contributed by atoms with Gasteiger partial charge in [-0.1, -0.05) is 6.92 Å². The average molecular weight is 294 g/mol. The molecule has 5 heteroatoms. The molecule has 0 aromatic heterocycles. The Hall–Kier alpha value is -1.10. The van der Waals surface area contributed by atoms with Gasteiger partial charge in [-0.3, -0.25) is 9.59 Å². The van der Waals surface area contributed by atoms with E-state index >= 15 is 0 Å². The van der Waals surface area contributed by atoms with Crippen LogP contribution in [0.15, 0.2) is 0 Å². The van der Waals surface area contributed by atoms with E-state index < -0.39 is 0 Å². The molecule has 2 saturated heterocycles. The first-order valence-corrected chi connectivity index (χ1v) is 8.27. The minimum absolute atomic E-state index is 0.0320. The lowest BCUT2D eigenvalue weighted by Crippen LogP contribution is -2.58. The molecule has 3 aliphatic rings. The van der Waals surface area contributed by atoms with Crippen molar-refractivity contribution < 1.29 is 14.3 Å². The summed E-state index contributed by atoms with van der Waals surface area (Å²) < 4.78 is 5.76. The van der Waals surface area contributed by atoms with Gasteiger partial charge in [0.1, 0.15) is 6.61 Å². The van der Waals surface area contributed by atoms with Gasteiger partial charge >= 0.3 is 0 Å². The molecular formula is C16H26N2O3. The number of carbonyl (C=O) groups is 2. The molecule has 2 aliphatic heterocycles. The Bertz CT molecular complexity index is 396. The van der Waals surface area contributed by atoms with Gasteiger partial charge in [-0.05, 0) is 44.4 Å². The summed E-state index contributed by atoms with van der Waals surface area (Å²) in [6.07, 6.45) is 6.14. The quantitative estimate of drug-likeness (QED) is 0.793. The molecule has 1 spiro atoms. The Morgan fingerprint density at radius 3 is 2.48 bits per heavy atom. The second-order valence-corrected chi connectivity index (χ2v) is 7.03. The number of hydrogen-bond donors (Lipinski definition) is 1. The van der Waals surface area contributed by atoms with Crippen LogP contribution < -0.4 is 5.32 Å². The zero-order valence-electron chi connectivity index (χ0n) is 12.9. The number of amides is 2. The minimum atomic E-state index is -0.230. The topological polar surface area (TPSA) is 58.6 Å². The van der Waals surface area contributed by atoms with Crippen molar-refractivity contribution in [2.45, 2.75) is 51.0 Å². The Morgan fingerprint density at radius 1 is 1.24 bits per heavy atom. The molecule has 3 fully saturated rings. The maximum absolute atomic E-state index is 12.6. The number of piperidine rings is 1. The first-order valence-electron chi connectivity index (χ1n) is 8.27. The Balaban J connectivity index is 1.51. The SMILES string of the molecule is CC1CCC(C(=O)N2CCC3(CC2)CNC(=O)CO3)CC1. The van der Waals surface area contributed by atoms with E-state index in [1.165, 1.54) is 12.8 Å². The van der Waals surface area contributed by atoms with Crippen LogP contribution in [-0.2, 0) is 14.3 Å². The molecule has 0 radical (unpaired) electrons. The molecule has 5 nitrogen and oxygen atoms in total. The number of rotatable bonds is 1. The Kier molecular flexibility index (Phi) is 4.20. The molecule has 21 heavy (non-hydrogen) atoms. The van der Waals surface area contributed by atoms with Crippen LogP contribution in [0.4, 0.5) is 0 Å². The van der Waals surface area contributed by atoms with E-state index in [0.717, 1.165) is 44.7 Å². The lowest BCUT2D eigenvalue weighted by molar-refractivity contribution is -0.156. The van der Waals surface area contributed by atoms with Gasteiger partial charge in [-0.25, -0.2) is 0 Å². The molecule has 118 valence electrons. The van der Waals surface area contributed by atoms with E-state index in [1.807, 2.05) is 4.90 Å². The molecule has 1 aliphatic carbocycles. The molecular weight excluding hydrogens is 268 g/mol. The predicted octanol–water partition coefficient (Wildman–Crippen LogP) is 1.32. The summed E-state index contributed by atoms with van der Waals surface area (Å²) in [4.78, 5) is 25.8. The monoisotopic (exact) mass is 294 g/mol. The van der Waals surface area contributed by atoms with Crippen LogP contribution in [0, 0.1) is 11.8 Å². The van der Waals surface area contributed by atoms with Gasteiger partial charge in [0.25, 0.3) is 0 Å². The fraction of sp³-hybridized carbons (Fsp3) is 0.875. The van der Waals surface area contributed by atoms with Crippen LogP contribution in [0.3, 0.4) is 0 Å². The minimum Gasteiger partial charge on any atom is -0.363 e. The number of nitrogens with zero attached hydrogens (tertiary/aromatic N) is 1. The van der Waals surface area contributed by atoms with Crippen molar-refractivity contribution in [3.05, 3.63) is 0 Å². The molecule has 3 rings (SSSR count). The molecule has 0 aromatic carbocycles. The maximum Gasteiger partial charge on any atom is 0.246 e. The third-order valence-electron chi connectivity index (χ3n) is 5.47. The normalized spacial score (nSPS) is 32.8. The summed E-state index contributed by atoms with van der Waals surface area (Å²) in [6, 6.07) is 0. The van der Waals surface area contributed by atoms with Crippen molar-refractivity contribution in [1.82, 2.24) is 10.2 Å². The standard InChI is InChI=1S/C16H26N2O3/c1-12-2-4-13(5-3-12)15(20)18-8-6-16(7-9-18)11-17-14(19)10-21-16/h12-13H,2-11H2,1H3,(H,17,19). The first kappa shape index (κ1) is 14.8. The van der Waals surface area contributed by atoms with Crippen molar-refractivity contribution in [2.24, 2.45) is 11.8 Å². The van der Waals surface area contributed by atoms with Crippen LogP contribution in [-0.4, -0.2) is 48.6 Å². The molecule has 0 unspecified atom stereocenters. The molecule has 0 bridgehead atoms. The third-order valence-corrected chi connectivity index (χ3v) is 5.47.